The molecule has 4 nitrogen and oxygen atoms in total. The summed E-state index contributed by atoms with van der Waals surface area (Å²) in [6.07, 6.45) is 0. The van der Waals surface area contributed by atoms with Crippen molar-refractivity contribution in [3.05, 3.63) is 63.4 Å². The number of aryl methyl sites for hydroxylation is 1. The lowest BCUT2D eigenvalue weighted by Gasteiger charge is -2.09. The van der Waals surface area contributed by atoms with E-state index < -0.39 is 17.6 Å². The van der Waals surface area contributed by atoms with Gasteiger partial charge in [0.15, 0.2) is 0 Å². The minimum Gasteiger partial charge on any atom is -0.343 e. The van der Waals surface area contributed by atoms with Crippen LogP contribution in [0.25, 0.3) is 0 Å². The molecule has 2 rings (SSSR count). The molecule has 0 fully saturated rings. The van der Waals surface area contributed by atoms with Crippen molar-refractivity contribution in [3.63, 3.8) is 0 Å². The number of anilines is 1. The Bertz CT molecular complexity index is 766. The highest BCUT2D eigenvalue weighted by molar-refractivity contribution is 6.42. The first-order chi connectivity index (χ1) is 10.9. The molecule has 2 aromatic rings. The molecule has 0 atom stereocenters. The third kappa shape index (κ3) is 4.68. The van der Waals surface area contributed by atoms with Crippen molar-refractivity contribution in [3.8, 4) is 0 Å². The van der Waals surface area contributed by atoms with Crippen LogP contribution in [0.2, 0.25) is 10.0 Å². The van der Waals surface area contributed by atoms with Crippen LogP contribution in [0.5, 0.6) is 0 Å². The number of rotatable bonds is 4. The minimum absolute atomic E-state index is 0.249. The Hall–Kier alpha value is -2.11. The smallest absolute Gasteiger partial charge is 0.251 e. The number of hydrogen-bond donors (Lipinski definition) is 2. The van der Waals surface area contributed by atoms with E-state index in [0.717, 1.165) is 5.56 Å². The van der Waals surface area contributed by atoms with Crippen LogP contribution >= 0.6 is 23.2 Å². The summed E-state index contributed by atoms with van der Waals surface area (Å²) in [6, 6.07) is 8.48. The van der Waals surface area contributed by atoms with Crippen LogP contribution in [-0.2, 0) is 4.79 Å². The Labute approximate surface area is 142 Å². The molecule has 0 aliphatic carbocycles. The Balaban J connectivity index is 1.94. The van der Waals surface area contributed by atoms with E-state index in [1.165, 1.54) is 30.3 Å². The highest BCUT2D eigenvalue weighted by Gasteiger charge is 2.11. The maximum absolute atomic E-state index is 13.2. The van der Waals surface area contributed by atoms with Gasteiger partial charge < -0.3 is 10.6 Å². The summed E-state index contributed by atoms with van der Waals surface area (Å²) in [5.41, 5.74) is 1.36. The SMILES string of the molecule is Cc1ccc(F)cc1NC(=O)CNC(=O)c1ccc(Cl)c(Cl)c1. The highest BCUT2D eigenvalue weighted by atomic mass is 35.5. The number of amides is 2. The lowest BCUT2D eigenvalue weighted by Crippen LogP contribution is -2.33. The topological polar surface area (TPSA) is 58.2 Å². The van der Waals surface area contributed by atoms with Gasteiger partial charge in [0, 0.05) is 11.3 Å². The first-order valence-electron chi connectivity index (χ1n) is 6.66. The number of benzene rings is 2. The normalized spacial score (nSPS) is 10.3. The van der Waals surface area contributed by atoms with Gasteiger partial charge in [0.25, 0.3) is 5.91 Å². The highest BCUT2D eigenvalue weighted by Crippen LogP contribution is 2.22. The summed E-state index contributed by atoms with van der Waals surface area (Å²) in [6.45, 7) is 1.48. The maximum Gasteiger partial charge on any atom is 0.251 e. The lowest BCUT2D eigenvalue weighted by atomic mass is 10.2. The van der Waals surface area contributed by atoms with Crippen LogP contribution < -0.4 is 10.6 Å². The van der Waals surface area contributed by atoms with E-state index >= 15 is 0 Å². The second-order valence-corrected chi connectivity index (χ2v) is 5.63. The van der Waals surface area contributed by atoms with Gasteiger partial charge in [-0.1, -0.05) is 29.3 Å². The van der Waals surface area contributed by atoms with Crippen LogP contribution in [0.1, 0.15) is 15.9 Å². The zero-order valence-electron chi connectivity index (χ0n) is 12.1. The van der Waals surface area contributed by atoms with Gasteiger partial charge in [-0.05, 0) is 42.8 Å². The number of halogens is 3. The Morgan fingerprint density at radius 2 is 1.83 bits per heavy atom. The van der Waals surface area contributed by atoms with Crippen molar-refractivity contribution in [2.45, 2.75) is 6.92 Å². The van der Waals surface area contributed by atoms with Crippen molar-refractivity contribution >= 4 is 40.7 Å². The third-order valence-electron chi connectivity index (χ3n) is 3.06. The average Bonchev–Trinajstić information content (AvgIpc) is 2.51. The van der Waals surface area contributed by atoms with Gasteiger partial charge in [-0.2, -0.15) is 0 Å². The average molecular weight is 355 g/mol. The van der Waals surface area contributed by atoms with E-state index in [1.54, 1.807) is 13.0 Å². The van der Waals surface area contributed by atoms with Crippen LogP contribution in [0.4, 0.5) is 10.1 Å². The van der Waals surface area contributed by atoms with E-state index in [-0.39, 0.29) is 17.1 Å². The third-order valence-corrected chi connectivity index (χ3v) is 3.80. The first kappa shape index (κ1) is 17.2. The molecule has 2 amide bonds. The Morgan fingerprint density at radius 1 is 1.09 bits per heavy atom. The fourth-order valence-electron chi connectivity index (χ4n) is 1.82. The molecule has 0 saturated heterocycles. The molecule has 0 saturated carbocycles. The molecule has 0 aromatic heterocycles. The summed E-state index contributed by atoms with van der Waals surface area (Å²) in [5.74, 6) is -1.38. The van der Waals surface area contributed by atoms with Gasteiger partial charge in [-0.3, -0.25) is 9.59 Å². The summed E-state index contributed by atoms with van der Waals surface area (Å²) in [4.78, 5) is 23.8. The van der Waals surface area contributed by atoms with Crippen molar-refractivity contribution in [1.82, 2.24) is 5.32 Å². The van der Waals surface area contributed by atoms with Gasteiger partial charge in [-0.15, -0.1) is 0 Å². The van der Waals surface area contributed by atoms with Crippen molar-refractivity contribution in [2.75, 3.05) is 11.9 Å². The largest absolute Gasteiger partial charge is 0.343 e. The molecule has 0 heterocycles. The number of hydrogen-bond acceptors (Lipinski definition) is 2. The monoisotopic (exact) mass is 354 g/mol. The molecule has 0 spiro atoms. The molecule has 0 aliphatic heterocycles. The van der Waals surface area contributed by atoms with Crippen LogP contribution in [0.3, 0.4) is 0 Å². The van der Waals surface area contributed by atoms with Gasteiger partial charge in [0.05, 0.1) is 16.6 Å². The lowest BCUT2D eigenvalue weighted by molar-refractivity contribution is -0.115. The molecular weight excluding hydrogens is 342 g/mol. The van der Waals surface area contributed by atoms with Crippen molar-refractivity contribution < 1.29 is 14.0 Å². The molecule has 2 N–H and O–H groups in total. The molecule has 0 aliphatic rings. The van der Waals surface area contributed by atoms with Crippen molar-refractivity contribution in [1.29, 1.82) is 0 Å². The predicted molar refractivity (Wildman–Crippen MR) is 88.6 cm³/mol. The van der Waals surface area contributed by atoms with E-state index in [0.29, 0.717) is 10.7 Å². The molecule has 2 aromatic carbocycles. The van der Waals surface area contributed by atoms with Crippen molar-refractivity contribution in [2.24, 2.45) is 0 Å². The predicted octanol–water partition coefficient (Wildman–Crippen LogP) is 3.81. The molecular formula is C16H13Cl2FN2O2. The summed E-state index contributed by atoms with van der Waals surface area (Å²) in [5, 5.41) is 5.58. The fourth-order valence-corrected chi connectivity index (χ4v) is 2.12. The van der Waals surface area contributed by atoms with Gasteiger partial charge in [0.1, 0.15) is 5.82 Å². The molecule has 0 unspecified atom stereocenters. The van der Waals surface area contributed by atoms with Gasteiger partial charge in [-0.25, -0.2) is 4.39 Å². The van der Waals surface area contributed by atoms with E-state index in [9.17, 15) is 14.0 Å². The number of nitrogens with one attached hydrogen (secondary N) is 2. The molecule has 0 bridgehead atoms. The molecule has 7 heteroatoms. The van der Waals surface area contributed by atoms with E-state index in [4.69, 9.17) is 23.2 Å². The van der Waals surface area contributed by atoms with Crippen LogP contribution in [0.15, 0.2) is 36.4 Å². The van der Waals surface area contributed by atoms with Gasteiger partial charge >= 0.3 is 0 Å². The summed E-state index contributed by atoms with van der Waals surface area (Å²) < 4.78 is 13.2. The summed E-state index contributed by atoms with van der Waals surface area (Å²) in [7, 11) is 0. The number of carbonyl (C=O) groups is 2. The van der Waals surface area contributed by atoms with E-state index in [1.807, 2.05) is 0 Å². The standard InChI is InChI=1S/C16H13Cl2FN2O2/c1-9-2-4-11(19)7-14(9)21-15(22)8-20-16(23)10-3-5-12(17)13(18)6-10/h2-7H,8H2,1H3,(H,20,23)(H,21,22). The van der Waals surface area contributed by atoms with Crippen LogP contribution in [0, 0.1) is 12.7 Å². The molecule has 23 heavy (non-hydrogen) atoms. The quantitative estimate of drug-likeness (QED) is 0.876. The summed E-state index contributed by atoms with van der Waals surface area (Å²) >= 11 is 11.6. The zero-order valence-corrected chi connectivity index (χ0v) is 13.6. The maximum atomic E-state index is 13.2. The fraction of sp³-hybridized carbons (Fsp3) is 0.125. The zero-order chi connectivity index (χ0) is 17.0. The van der Waals surface area contributed by atoms with E-state index in [2.05, 4.69) is 10.6 Å². The molecule has 120 valence electrons. The molecule has 0 radical (unpaired) electrons. The minimum atomic E-state index is -0.466. The first-order valence-corrected chi connectivity index (χ1v) is 7.41. The number of carbonyl (C=O) groups excluding carboxylic acids is 2. The van der Waals surface area contributed by atoms with Gasteiger partial charge in [0.2, 0.25) is 5.91 Å². The second kappa shape index (κ2) is 7.44. The Kier molecular flexibility index (Phi) is 5.58. The Morgan fingerprint density at radius 3 is 2.52 bits per heavy atom. The van der Waals surface area contributed by atoms with Crippen LogP contribution in [-0.4, -0.2) is 18.4 Å². The second-order valence-electron chi connectivity index (χ2n) is 4.82.